The van der Waals surface area contributed by atoms with Crippen molar-refractivity contribution < 1.29 is 17.9 Å². The Balaban J connectivity index is 3.01. The Labute approximate surface area is 77.6 Å². The molecule has 0 heterocycles. The van der Waals surface area contributed by atoms with Crippen LogP contribution in [0.3, 0.4) is 0 Å². The first-order chi connectivity index (χ1) is 5.56. The highest BCUT2D eigenvalue weighted by Gasteiger charge is 2.26. The van der Waals surface area contributed by atoms with Crippen LogP contribution < -0.4 is 5.32 Å². The maximum atomic E-state index is 11.5. The van der Waals surface area contributed by atoms with E-state index < -0.39 is 12.8 Å². The van der Waals surface area contributed by atoms with Crippen molar-refractivity contribution in [3.8, 4) is 0 Å². The first-order valence-corrected chi connectivity index (χ1v) is 4.59. The predicted molar refractivity (Wildman–Crippen MR) is 43.5 cm³/mol. The van der Waals surface area contributed by atoms with Gasteiger partial charge in [-0.2, -0.15) is 13.2 Å². The van der Waals surface area contributed by atoms with Gasteiger partial charge in [0.05, 0.1) is 6.61 Å². The van der Waals surface area contributed by atoms with Crippen LogP contribution >= 0.6 is 15.9 Å². The van der Waals surface area contributed by atoms with Gasteiger partial charge in [0.1, 0.15) is 6.61 Å². The van der Waals surface area contributed by atoms with E-state index in [1.807, 2.05) is 0 Å². The van der Waals surface area contributed by atoms with Crippen LogP contribution in [0.5, 0.6) is 0 Å². The average Bonchev–Trinajstić information content (AvgIpc) is 1.94. The van der Waals surface area contributed by atoms with Crippen LogP contribution in [0, 0.1) is 0 Å². The van der Waals surface area contributed by atoms with Crippen LogP contribution in [-0.2, 0) is 4.74 Å². The number of hydrogen-bond donors (Lipinski definition) is 1. The van der Waals surface area contributed by atoms with Crippen molar-refractivity contribution >= 4 is 15.9 Å². The van der Waals surface area contributed by atoms with Gasteiger partial charge in [-0.3, -0.25) is 0 Å². The predicted octanol–water partition coefficient (Wildman–Crippen LogP) is 1.55. The second-order valence-electron chi connectivity index (χ2n) is 2.11. The molecular formula is C6H11BrF3NO. The van der Waals surface area contributed by atoms with E-state index in [-0.39, 0.29) is 6.61 Å². The Morgan fingerprint density at radius 3 is 2.42 bits per heavy atom. The molecule has 0 aliphatic heterocycles. The van der Waals surface area contributed by atoms with E-state index in [2.05, 4.69) is 26.0 Å². The number of ether oxygens (including phenoxy) is 1. The van der Waals surface area contributed by atoms with Gasteiger partial charge in [-0.1, -0.05) is 15.9 Å². The first-order valence-electron chi connectivity index (χ1n) is 3.47. The minimum absolute atomic E-state index is 0.0898. The first kappa shape index (κ1) is 12.2. The number of rotatable bonds is 6. The van der Waals surface area contributed by atoms with Crippen LogP contribution in [-0.4, -0.2) is 37.8 Å². The molecule has 0 atom stereocenters. The summed E-state index contributed by atoms with van der Waals surface area (Å²) >= 11 is 3.17. The molecule has 0 fully saturated rings. The minimum Gasteiger partial charge on any atom is -0.371 e. The fraction of sp³-hybridized carbons (Fsp3) is 1.00. The molecule has 12 heavy (non-hydrogen) atoms. The summed E-state index contributed by atoms with van der Waals surface area (Å²) in [6, 6.07) is 0. The van der Waals surface area contributed by atoms with Gasteiger partial charge in [0.25, 0.3) is 0 Å². The quantitative estimate of drug-likeness (QED) is 0.570. The third-order valence-corrected chi connectivity index (χ3v) is 1.36. The van der Waals surface area contributed by atoms with Crippen molar-refractivity contribution in [2.24, 2.45) is 0 Å². The molecule has 0 saturated carbocycles. The molecule has 0 rings (SSSR count). The van der Waals surface area contributed by atoms with E-state index in [1.165, 1.54) is 0 Å². The molecule has 1 N–H and O–H groups in total. The number of alkyl halides is 4. The highest BCUT2D eigenvalue weighted by molar-refractivity contribution is 9.09. The smallest absolute Gasteiger partial charge is 0.371 e. The summed E-state index contributed by atoms with van der Waals surface area (Å²) in [5.41, 5.74) is 0. The lowest BCUT2D eigenvalue weighted by Gasteiger charge is -2.07. The van der Waals surface area contributed by atoms with Gasteiger partial charge in [-0.15, -0.1) is 0 Å². The Morgan fingerprint density at radius 2 is 1.92 bits per heavy atom. The molecule has 6 heteroatoms. The number of hydrogen-bond acceptors (Lipinski definition) is 2. The molecular weight excluding hydrogens is 239 g/mol. The van der Waals surface area contributed by atoms with E-state index >= 15 is 0 Å². The average molecular weight is 250 g/mol. The van der Waals surface area contributed by atoms with Crippen LogP contribution in [0.4, 0.5) is 13.2 Å². The zero-order valence-corrected chi connectivity index (χ0v) is 8.04. The largest absolute Gasteiger partial charge is 0.411 e. The lowest BCUT2D eigenvalue weighted by atomic mass is 10.6. The molecule has 0 spiro atoms. The Morgan fingerprint density at radius 1 is 1.25 bits per heavy atom. The summed E-state index contributed by atoms with van der Waals surface area (Å²) in [6.45, 7) is 0.104. The normalized spacial score (nSPS) is 12.0. The second-order valence-corrected chi connectivity index (χ2v) is 2.90. The van der Waals surface area contributed by atoms with Crippen molar-refractivity contribution in [2.75, 3.05) is 31.6 Å². The van der Waals surface area contributed by atoms with Crippen molar-refractivity contribution in [2.45, 2.75) is 6.18 Å². The summed E-state index contributed by atoms with van der Waals surface area (Å²) in [5.74, 6) is 0. The monoisotopic (exact) mass is 249 g/mol. The topological polar surface area (TPSA) is 21.3 Å². The van der Waals surface area contributed by atoms with Gasteiger partial charge < -0.3 is 10.1 Å². The molecule has 0 radical (unpaired) electrons. The van der Waals surface area contributed by atoms with E-state index in [4.69, 9.17) is 0 Å². The molecule has 0 aliphatic carbocycles. The molecule has 0 aromatic carbocycles. The van der Waals surface area contributed by atoms with Crippen LogP contribution in [0.15, 0.2) is 0 Å². The van der Waals surface area contributed by atoms with E-state index in [0.29, 0.717) is 6.54 Å². The fourth-order valence-electron chi connectivity index (χ4n) is 0.524. The molecule has 0 saturated heterocycles. The van der Waals surface area contributed by atoms with E-state index in [9.17, 15) is 13.2 Å². The van der Waals surface area contributed by atoms with Crippen molar-refractivity contribution in [1.82, 2.24) is 5.32 Å². The highest BCUT2D eigenvalue weighted by atomic mass is 79.9. The SMILES string of the molecule is FC(F)(F)COCCNCCBr. The Hall–Kier alpha value is 0.190. The van der Waals surface area contributed by atoms with Crippen molar-refractivity contribution in [1.29, 1.82) is 0 Å². The van der Waals surface area contributed by atoms with Crippen molar-refractivity contribution in [3.63, 3.8) is 0 Å². The van der Waals surface area contributed by atoms with Gasteiger partial charge >= 0.3 is 6.18 Å². The number of nitrogens with one attached hydrogen (secondary N) is 1. The maximum Gasteiger partial charge on any atom is 0.411 e. The summed E-state index contributed by atoms with van der Waals surface area (Å²) in [6.07, 6.45) is -4.21. The van der Waals surface area contributed by atoms with Gasteiger partial charge in [0.2, 0.25) is 0 Å². The van der Waals surface area contributed by atoms with Crippen molar-refractivity contribution in [3.05, 3.63) is 0 Å². The van der Waals surface area contributed by atoms with Crippen LogP contribution in [0.25, 0.3) is 0 Å². The number of halogens is 4. The van der Waals surface area contributed by atoms with Gasteiger partial charge in [0.15, 0.2) is 0 Å². The summed E-state index contributed by atoms with van der Waals surface area (Å²) in [7, 11) is 0. The van der Waals surface area contributed by atoms with Gasteiger partial charge in [0, 0.05) is 18.4 Å². The molecule has 0 bridgehead atoms. The van der Waals surface area contributed by atoms with Gasteiger partial charge in [-0.05, 0) is 0 Å². The second kappa shape index (κ2) is 6.68. The zero-order chi connectivity index (χ0) is 9.45. The molecule has 74 valence electrons. The van der Waals surface area contributed by atoms with E-state index in [1.54, 1.807) is 0 Å². The van der Waals surface area contributed by atoms with Crippen LogP contribution in [0.2, 0.25) is 0 Å². The summed E-state index contributed by atoms with van der Waals surface area (Å²) < 4.78 is 38.8. The lowest BCUT2D eigenvalue weighted by molar-refractivity contribution is -0.173. The molecule has 0 amide bonds. The molecule has 0 unspecified atom stereocenters. The molecule has 0 aromatic heterocycles. The molecule has 0 aromatic rings. The standard InChI is InChI=1S/C6H11BrF3NO/c7-1-2-11-3-4-12-5-6(8,9)10/h11H,1-5H2. The van der Waals surface area contributed by atoms with Crippen LogP contribution in [0.1, 0.15) is 0 Å². The maximum absolute atomic E-state index is 11.5. The molecule has 2 nitrogen and oxygen atoms in total. The lowest BCUT2D eigenvalue weighted by Crippen LogP contribution is -2.24. The zero-order valence-electron chi connectivity index (χ0n) is 6.46. The Kier molecular flexibility index (Phi) is 6.78. The van der Waals surface area contributed by atoms with E-state index in [0.717, 1.165) is 11.9 Å². The fourth-order valence-corrected chi connectivity index (χ4v) is 0.804. The van der Waals surface area contributed by atoms with Gasteiger partial charge in [-0.25, -0.2) is 0 Å². The minimum atomic E-state index is -4.21. The highest BCUT2D eigenvalue weighted by Crippen LogP contribution is 2.13. The summed E-state index contributed by atoms with van der Waals surface area (Å²) in [4.78, 5) is 0. The third-order valence-electron chi connectivity index (χ3n) is 0.960. The third kappa shape index (κ3) is 10.2. The Bertz CT molecular complexity index is 109. The molecule has 0 aliphatic rings. The summed E-state index contributed by atoms with van der Waals surface area (Å²) in [5, 5.41) is 3.67.